The minimum Gasteiger partial charge on any atom is -0.497 e. The molecule has 1 saturated heterocycles. The van der Waals surface area contributed by atoms with Crippen molar-refractivity contribution in [2.75, 3.05) is 26.7 Å². The van der Waals surface area contributed by atoms with E-state index in [4.69, 9.17) is 9.47 Å². The number of halogens is 1. The van der Waals surface area contributed by atoms with Crippen molar-refractivity contribution in [1.29, 1.82) is 0 Å². The number of aliphatic carboxylic acids is 1. The summed E-state index contributed by atoms with van der Waals surface area (Å²) in [5, 5.41) is 9.64. The van der Waals surface area contributed by atoms with Gasteiger partial charge in [-0.3, -0.25) is 9.69 Å². The molecule has 2 aromatic rings. The lowest BCUT2D eigenvalue weighted by molar-refractivity contribution is -0.145. The van der Waals surface area contributed by atoms with Crippen molar-refractivity contribution in [3.63, 3.8) is 0 Å². The number of amides is 1. The number of hydrogen-bond donors (Lipinski definition) is 1. The maximum absolute atomic E-state index is 12.4. The third kappa shape index (κ3) is 6.10. The summed E-state index contributed by atoms with van der Waals surface area (Å²) in [6.07, 6.45) is -0.487. The number of piperazine rings is 1. The zero-order valence-electron chi connectivity index (χ0n) is 16.2. The lowest BCUT2D eigenvalue weighted by atomic mass is 10.1. The highest BCUT2D eigenvalue weighted by Crippen LogP contribution is 2.18. The Balaban J connectivity index is 0.00000300. The molecule has 0 saturated carbocycles. The second kappa shape index (κ2) is 10.7. The first-order chi connectivity index (χ1) is 13.6. The molecular weight excluding hydrogens is 396 g/mol. The van der Waals surface area contributed by atoms with Gasteiger partial charge in [-0.25, -0.2) is 4.79 Å². The highest BCUT2D eigenvalue weighted by Gasteiger charge is 2.34. The van der Waals surface area contributed by atoms with Crippen molar-refractivity contribution in [3.05, 3.63) is 65.7 Å². The monoisotopic (exact) mass is 420 g/mol. The van der Waals surface area contributed by atoms with Crippen molar-refractivity contribution in [1.82, 2.24) is 9.80 Å². The van der Waals surface area contributed by atoms with Crippen LogP contribution in [0.3, 0.4) is 0 Å². The summed E-state index contributed by atoms with van der Waals surface area (Å²) >= 11 is 0. The van der Waals surface area contributed by atoms with Crippen LogP contribution < -0.4 is 4.74 Å². The normalized spacial score (nSPS) is 16.6. The first kappa shape index (κ1) is 22.5. The largest absolute Gasteiger partial charge is 0.497 e. The smallest absolute Gasteiger partial charge is 0.410 e. The molecule has 8 heteroatoms. The SMILES string of the molecule is COc1ccc(CN2CCN(C(=O)OCc3ccccc3)CC2C(=O)O)cc1.Cl. The molecule has 7 nitrogen and oxygen atoms in total. The zero-order valence-corrected chi connectivity index (χ0v) is 17.0. The molecule has 3 rings (SSSR count). The van der Waals surface area contributed by atoms with Gasteiger partial charge < -0.3 is 19.5 Å². The summed E-state index contributed by atoms with van der Waals surface area (Å²) < 4.78 is 10.5. The molecule has 1 heterocycles. The Morgan fingerprint density at radius 2 is 1.72 bits per heavy atom. The van der Waals surface area contributed by atoms with E-state index in [9.17, 15) is 14.7 Å². The zero-order chi connectivity index (χ0) is 19.9. The quantitative estimate of drug-likeness (QED) is 0.773. The number of rotatable bonds is 6. The van der Waals surface area contributed by atoms with Gasteiger partial charge >= 0.3 is 12.1 Å². The van der Waals surface area contributed by atoms with Gasteiger partial charge in [-0.2, -0.15) is 0 Å². The van der Waals surface area contributed by atoms with Gasteiger partial charge in [0.2, 0.25) is 0 Å². The molecule has 1 unspecified atom stereocenters. The van der Waals surface area contributed by atoms with Crippen LogP contribution in [0.2, 0.25) is 0 Å². The van der Waals surface area contributed by atoms with Crippen LogP contribution in [0.5, 0.6) is 5.75 Å². The molecule has 1 atom stereocenters. The maximum Gasteiger partial charge on any atom is 0.410 e. The summed E-state index contributed by atoms with van der Waals surface area (Å²) in [6, 6.07) is 16.1. The van der Waals surface area contributed by atoms with Gasteiger partial charge in [0.25, 0.3) is 0 Å². The summed E-state index contributed by atoms with van der Waals surface area (Å²) in [4.78, 5) is 27.4. The fourth-order valence-corrected chi connectivity index (χ4v) is 3.19. The molecule has 0 spiro atoms. The van der Waals surface area contributed by atoms with Crippen LogP contribution in [0.1, 0.15) is 11.1 Å². The molecule has 1 amide bonds. The number of carboxylic acid groups (broad SMARTS) is 1. The fourth-order valence-electron chi connectivity index (χ4n) is 3.19. The Kier molecular flexibility index (Phi) is 8.30. The highest BCUT2D eigenvalue weighted by atomic mass is 35.5. The van der Waals surface area contributed by atoms with Crippen molar-refractivity contribution >= 4 is 24.5 Å². The van der Waals surface area contributed by atoms with E-state index < -0.39 is 18.1 Å². The Hall–Kier alpha value is -2.77. The van der Waals surface area contributed by atoms with Gasteiger partial charge in [0.05, 0.1) is 13.7 Å². The molecule has 29 heavy (non-hydrogen) atoms. The number of nitrogens with zero attached hydrogens (tertiary/aromatic N) is 2. The van der Waals surface area contributed by atoms with Crippen LogP contribution >= 0.6 is 12.4 Å². The lowest BCUT2D eigenvalue weighted by Crippen LogP contribution is -2.57. The fraction of sp³-hybridized carbons (Fsp3) is 0.333. The second-order valence-electron chi connectivity index (χ2n) is 6.66. The van der Waals surface area contributed by atoms with Crippen LogP contribution in [0, 0.1) is 0 Å². The first-order valence-corrected chi connectivity index (χ1v) is 9.12. The maximum atomic E-state index is 12.4. The molecular formula is C21H25ClN2O5. The Bertz CT molecular complexity index is 800. The van der Waals surface area contributed by atoms with Crippen LogP contribution in [0.15, 0.2) is 54.6 Å². The van der Waals surface area contributed by atoms with Gasteiger partial charge in [-0.15, -0.1) is 12.4 Å². The van der Waals surface area contributed by atoms with Crippen molar-refractivity contribution < 1.29 is 24.2 Å². The number of ether oxygens (including phenoxy) is 2. The van der Waals surface area contributed by atoms with Gasteiger partial charge in [-0.1, -0.05) is 42.5 Å². The van der Waals surface area contributed by atoms with Crippen molar-refractivity contribution in [3.8, 4) is 5.75 Å². The molecule has 0 radical (unpaired) electrons. The highest BCUT2D eigenvalue weighted by molar-refractivity contribution is 5.85. The molecule has 1 fully saturated rings. The number of benzene rings is 2. The number of methoxy groups -OCH3 is 1. The topological polar surface area (TPSA) is 79.3 Å². The molecule has 1 aliphatic rings. The third-order valence-corrected chi connectivity index (χ3v) is 4.78. The first-order valence-electron chi connectivity index (χ1n) is 9.12. The molecule has 156 valence electrons. The van der Waals surface area contributed by atoms with E-state index in [2.05, 4.69) is 0 Å². The average molecular weight is 421 g/mol. The third-order valence-electron chi connectivity index (χ3n) is 4.78. The minimum atomic E-state index is -0.950. The summed E-state index contributed by atoms with van der Waals surface area (Å²) in [5.41, 5.74) is 1.89. The molecule has 0 aliphatic carbocycles. The van der Waals surface area contributed by atoms with E-state index in [1.54, 1.807) is 7.11 Å². The Labute approximate surface area is 176 Å². The Morgan fingerprint density at radius 1 is 1.03 bits per heavy atom. The van der Waals surface area contributed by atoms with Gasteiger partial charge in [-0.05, 0) is 23.3 Å². The summed E-state index contributed by atoms with van der Waals surface area (Å²) in [6.45, 7) is 1.65. The number of carboxylic acids is 1. The Morgan fingerprint density at radius 3 is 2.34 bits per heavy atom. The van der Waals surface area contributed by atoms with Crippen molar-refractivity contribution in [2.45, 2.75) is 19.2 Å². The van der Waals surface area contributed by atoms with E-state index in [-0.39, 0.29) is 25.6 Å². The summed E-state index contributed by atoms with van der Waals surface area (Å²) in [5.74, 6) is -0.196. The van der Waals surface area contributed by atoms with Gasteiger partial charge in [0.15, 0.2) is 0 Å². The molecule has 0 bridgehead atoms. The predicted octanol–water partition coefficient (Wildman–Crippen LogP) is 3.02. The van der Waals surface area contributed by atoms with E-state index in [1.165, 1.54) is 4.90 Å². The van der Waals surface area contributed by atoms with Crippen molar-refractivity contribution in [2.24, 2.45) is 0 Å². The van der Waals surface area contributed by atoms with E-state index in [0.717, 1.165) is 16.9 Å². The minimum absolute atomic E-state index is 0. The molecule has 0 aromatic heterocycles. The van der Waals surface area contributed by atoms with E-state index in [0.29, 0.717) is 19.6 Å². The van der Waals surface area contributed by atoms with Crippen LogP contribution in [0.25, 0.3) is 0 Å². The van der Waals surface area contributed by atoms with Crippen LogP contribution in [-0.2, 0) is 22.7 Å². The molecule has 2 aromatic carbocycles. The average Bonchev–Trinajstić information content (AvgIpc) is 2.73. The van der Waals surface area contributed by atoms with Crippen LogP contribution in [0.4, 0.5) is 4.79 Å². The number of carbonyl (C=O) groups excluding carboxylic acids is 1. The van der Waals surface area contributed by atoms with E-state index >= 15 is 0 Å². The predicted molar refractivity (Wildman–Crippen MR) is 110 cm³/mol. The second-order valence-corrected chi connectivity index (χ2v) is 6.66. The van der Waals surface area contributed by atoms with Gasteiger partial charge in [0, 0.05) is 19.6 Å². The lowest BCUT2D eigenvalue weighted by Gasteiger charge is -2.38. The number of hydrogen-bond acceptors (Lipinski definition) is 5. The molecule has 1 N–H and O–H groups in total. The standard InChI is InChI=1S/C21H24N2O5.ClH/c1-27-18-9-7-16(8-10-18)13-22-11-12-23(14-19(22)20(24)25)21(26)28-15-17-5-3-2-4-6-17;/h2-10,19H,11-15H2,1H3,(H,24,25);1H. The molecule has 1 aliphatic heterocycles. The van der Waals surface area contributed by atoms with Crippen LogP contribution in [-0.4, -0.2) is 59.8 Å². The van der Waals surface area contributed by atoms with Gasteiger partial charge in [0.1, 0.15) is 18.4 Å². The van der Waals surface area contributed by atoms with E-state index in [1.807, 2.05) is 59.5 Å². The number of carbonyl (C=O) groups is 2. The summed E-state index contributed by atoms with van der Waals surface area (Å²) in [7, 11) is 1.60.